The van der Waals surface area contributed by atoms with E-state index in [1.165, 1.54) is 12.0 Å². The summed E-state index contributed by atoms with van der Waals surface area (Å²) in [6.45, 7) is 13.1. The summed E-state index contributed by atoms with van der Waals surface area (Å²) < 4.78 is 6.53. The van der Waals surface area contributed by atoms with Gasteiger partial charge in [0.15, 0.2) is 0 Å². The Morgan fingerprint density at radius 3 is 1.94 bits per heavy atom. The van der Waals surface area contributed by atoms with Crippen molar-refractivity contribution in [1.82, 2.24) is 0 Å². The van der Waals surface area contributed by atoms with Gasteiger partial charge < -0.3 is 4.74 Å². The average Bonchev–Trinajstić information content (AvgIpc) is 2.13. The third kappa shape index (κ3) is 5.17. The normalized spacial score (nSPS) is 14.4. The second-order valence-corrected chi connectivity index (χ2v) is 8.73. The van der Waals surface area contributed by atoms with Gasteiger partial charge in [0.25, 0.3) is 0 Å². The van der Waals surface area contributed by atoms with Crippen LogP contribution in [0.5, 0.6) is 5.75 Å². The van der Waals surface area contributed by atoms with Crippen molar-refractivity contribution in [1.29, 1.82) is 0 Å². The highest BCUT2D eigenvalue weighted by Gasteiger charge is 2.22. The fraction of sp³-hybridized carbons (Fsp3) is 0.625. The molecule has 0 aliphatic heterocycles. The van der Waals surface area contributed by atoms with Gasteiger partial charge in [-0.15, -0.1) is 0 Å². The molecule has 0 spiro atoms. The number of benzene rings is 1. The van der Waals surface area contributed by atoms with Gasteiger partial charge in [0.2, 0.25) is 0 Å². The Morgan fingerprint density at radius 2 is 1.56 bits per heavy atom. The molecule has 1 unspecified atom stereocenters. The molecule has 0 heterocycles. The zero-order valence-electron chi connectivity index (χ0n) is 12.4. The van der Waals surface area contributed by atoms with E-state index in [0.717, 1.165) is 5.75 Å². The second kappa shape index (κ2) is 5.81. The Bertz CT molecular complexity index is 371. The molecule has 0 saturated carbocycles. The van der Waals surface area contributed by atoms with Crippen molar-refractivity contribution < 1.29 is 4.74 Å². The third-order valence-corrected chi connectivity index (χ3v) is 3.29. The molecule has 0 fully saturated rings. The van der Waals surface area contributed by atoms with Crippen molar-refractivity contribution in [3.05, 3.63) is 29.8 Å². The minimum absolute atomic E-state index is 0.131. The highest BCUT2D eigenvalue weighted by Crippen LogP contribution is 2.32. The van der Waals surface area contributed by atoms with Gasteiger partial charge in [-0.05, 0) is 50.3 Å². The van der Waals surface area contributed by atoms with E-state index in [1.54, 1.807) is 0 Å². The van der Waals surface area contributed by atoms with E-state index < -0.39 is 0 Å². The van der Waals surface area contributed by atoms with E-state index in [4.69, 9.17) is 4.74 Å². The SMILES string of the molecule is CC(I)CC(C)(C)c1ccc(OC(C)(C)C)cc1. The van der Waals surface area contributed by atoms with Crippen LogP contribution in [0, 0.1) is 0 Å². The predicted octanol–water partition coefficient (Wildman–Crippen LogP) is 5.36. The van der Waals surface area contributed by atoms with Gasteiger partial charge in [0.05, 0.1) is 0 Å². The molecule has 18 heavy (non-hydrogen) atoms. The van der Waals surface area contributed by atoms with Crippen LogP contribution in [0.1, 0.15) is 53.5 Å². The molecule has 1 nitrogen and oxygen atoms in total. The second-order valence-electron chi connectivity index (χ2n) is 6.61. The third-order valence-electron chi connectivity index (χ3n) is 2.85. The first-order valence-corrected chi connectivity index (χ1v) is 7.78. The van der Waals surface area contributed by atoms with Crippen molar-refractivity contribution in [2.24, 2.45) is 0 Å². The molecule has 1 aromatic rings. The minimum atomic E-state index is -0.131. The molecule has 0 saturated heterocycles. The Hall–Kier alpha value is -0.250. The van der Waals surface area contributed by atoms with Crippen molar-refractivity contribution in [2.45, 2.75) is 62.9 Å². The summed E-state index contributed by atoms with van der Waals surface area (Å²) in [5.41, 5.74) is 1.47. The highest BCUT2D eigenvalue weighted by molar-refractivity contribution is 14.1. The number of hydrogen-bond donors (Lipinski definition) is 0. The summed E-state index contributed by atoms with van der Waals surface area (Å²) in [6.07, 6.45) is 1.19. The summed E-state index contributed by atoms with van der Waals surface area (Å²) in [5, 5.41) is 0. The molecule has 1 atom stereocenters. The van der Waals surface area contributed by atoms with Crippen molar-refractivity contribution in [2.75, 3.05) is 0 Å². The van der Waals surface area contributed by atoms with Crippen molar-refractivity contribution in [3.63, 3.8) is 0 Å². The minimum Gasteiger partial charge on any atom is -0.488 e. The molecule has 0 aliphatic rings. The zero-order valence-corrected chi connectivity index (χ0v) is 14.5. The molecule has 0 radical (unpaired) electrons. The summed E-state index contributed by atoms with van der Waals surface area (Å²) >= 11 is 2.49. The number of hydrogen-bond acceptors (Lipinski definition) is 1. The fourth-order valence-corrected chi connectivity index (χ4v) is 3.25. The van der Waals surface area contributed by atoms with Gasteiger partial charge in [-0.2, -0.15) is 0 Å². The van der Waals surface area contributed by atoms with Crippen molar-refractivity contribution >= 4 is 22.6 Å². The van der Waals surface area contributed by atoms with Crippen molar-refractivity contribution in [3.8, 4) is 5.75 Å². The van der Waals surface area contributed by atoms with Gasteiger partial charge >= 0.3 is 0 Å². The van der Waals surface area contributed by atoms with E-state index in [0.29, 0.717) is 3.92 Å². The summed E-state index contributed by atoms with van der Waals surface area (Å²) in [5.74, 6) is 0.949. The fourth-order valence-electron chi connectivity index (χ4n) is 2.15. The summed E-state index contributed by atoms with van der Waals surface area (Å²) in [6, 6.07) is 8.56. The summed E-state index contributed by atoms with van der Waals surface area (Å²) in [4.78, 5) is 0. The largest absolute Gasteiger partial charge is 0.488 e. The van der Waals surface area contributed by atoms with E-state index >= 15 is 0 Å². The average molecular weight is 360 g/mol. The van der Waals surface area contributed by atoms with Gasteiger partial charge in [-0.3, -0.25) is 0 Å². The standard InChI is InChI=1S/C16H25IO/c1-12(17)11-16(5,6)13-7-9-14(10-8-13)18-15(2,3)4/h7-10,12H,11H2,1-6H3. The monoisotopic (exact) mass is 360 g/mol. The molecule has 0 aliphatic carbocycles. The van der Waals surface area contributed by atoms with Crippen LogP contribution in [0.15, 0.2) is 24.3 Å². The summed E-state index contributed by atoms with van der Waals surface area (Å²) in [7, 11) is 0. The Balaban J connectivity index is 2.82. The maximum absolute atomic E-state index is 5.85. The number of alkyl halides is 1. The molecule has 102 valence electrons. The van der Waals surface area contributed by atoms with E-state index in [9.17, 15) is 0 Å². The Kier molecular flexibility index (Phi) is 5.10. The number of halogens is 1. The first-order valence-electron chi connectivity index (χ1n) is 6.54. The van der Waals surface area contributed by atoms with E-state index in [2.05, 4.69) is 88.4 Å². The molecule has 0 aromatic heterocycles. The maximum atomic E-state index is 5.85. The topological polar surface area (TPSA) is 9.23 Å². The van der Waals surface area contributed by atoms with E-state index in [-0.39, 0.29) is 11.0 Å². The molecular weight excluding hydrogens is 335 g/mol. The van der Waals surface area contributed by atoms with Gasteiger partial charge in [-0.25, -0.2) is 0 Å². The quantitative estimate of drug-likeness (QED) is 0.519. The lowest BCUT2D eigenvalue weighted by Gasteiger charge is -2.27. The van der Waals surface area contributed by atoms with Crippen LogP contribution in [-0.4, -0.2) is 9.53 Å². The predicted molar refractivity (Wildman–Crippen MR) is 87.9 cm³/mol. The maximum Gasteiger partial charge on any atom is 0.120 e. The van der Waals surface area contributed by atoms with Crippen LogP contribution >= 0.6 is 22.6 Å². The molecular formula is C16H25IO. The Morgan fingerprint density at radius 1 is 1.06 bits per heavy atom. The van der Waals surface area contributed by atoms with Crippen LogP contribution in [0.4, 0.5) is 0 Å². The lowest BCUT2D eigenvalue weighted by Crippen LogP contribution is -2.23. The van der Waals surface area contributed by atoms with Gasteiger partial charge in [-0.1, -0.05) is 55.5 Å². The zero-order chi connectivity index (χ0) is 14.0. The smallest absolute Gasteiger partial charge is 0.120 e. The number of ether oxygens (including phenoxy) is 1. The van der Waals surface area contributed by atoms with Crippen LogP contribution in [0.2, 0.25) is 0 Å². The molecule has 0 N–H and O–H groups in total. The molecule has 1 aromatic carbocycles. The first kappa shape index (κ1) is 15.8. The highest BCUT2D eigenvalue weighted by atomic mass is 127. The van der Waals surface area contributed by atoms with Crippen LogP contribution in [-0.2, 0) is 5.41 Å². The molecule has 0 bridgehead atoms. The number of rotatable bonds is 4. The van der Waals surface area contributed by atoms with Crippen LogP contribution in [0.3, 0.4) is 0 Å². The van der Waals surface area contributed by atoms with Gasteiger partial charge in [0, 0.05) is 3.92 Å². The molecule has 0 amide bonds. The van der Waals surface area contributed by atoms with Crippen LogP contribution < -0.4 is 4.74 Å². The van der Waals surface area contributed by atoms with Crippen LogP contribution in [0.25, 0.3) is 0 Å². The Labute approximate surface area is 125 Å². The first-order chi connectivity index (χ1) is 8.10. The lowest BCUT2D eigenvalue weighted by molar-refractivity contribution is 0.131. The lowest BCUT2D eigenvalue weighted by atomic mass is 9.81. The van der Waals surface area contributed by atoms with Gasteiger partial charge in [0.1, 0.15) is 11.4 Å². The van der Waals surface area contributed by atoms with E-state index in [1.807, 2.05) is 0 Å². The molecule has 1 rings (SSSR count). The molecule has 2 heteroatoms.